The van der Waals surface area contributed by atoms with E-state index in [9.17, 15) is 18.4 Å². The van der Waals surface area contributed by atoms with Gasteiger partial charge in [-0.25, -0.2) is 8.78 Å². The molecule has 1 atom stereocenters. The maximum Gasteiger partial charge on any atom is 0.249 e. The van der Waals surface area contributed by atoms with Crippen LogP contribution in [-0.2, 0) is 9.59 Å². The van der Waals surface area contributed by atoms with Gasteiger partial charge in [0.2, 0.25) is 11.8 Å². The van der Waals surface area contributed by atoms with Gasteiger partial charge in [-0.1, -0.05) is 6.07 Å². The van der Waals surface area contributed by atoms with Crippen LogP contribution in [0.2, 0.25) is 0 Å². The van der Waals surface area contributed by atoms with Crippen LogP contribution in [0, 0.1) is 11.6 Å². The molecule has 1 unspecified atom stereocenters. The first-order valence-corrected chi connectivity index (χ1v) is 4.62. The smallest absolute Gasteiger partial charge is 0.249 e. The van der Waals surface area contributed by atoms with Crippen molar-refractivity contribution in [2.75, 3.05) is 5.32 Å². The third kappa shape index (κ3) is 1.86. The zero-order chi connectivity index (χ0) is 11.7. The van der Waals surface area contributed by atoms with Gasteiger partial charge >= 0.3 is 0 Å². The number of hydrogen-bond donors (Lipinski definition) is 2. The van der Waals surface area contributed by atoms with E-state index in [-0.39, 0.29) is 6.42 Å². The first-order valence-electron chi connectivity index (χ1n) is 4.62. The second kappa shape index (κ2) is 3.88. The van der Waals surface area contributed by atoms with Crippen LogP contribution in [-0.4, -0.2) is 17.9 Å². The number of benzene rings is 1. The normalized spacial score (nSPS) is 19.8. The minimum atomic E-state index is -0.918. The highest BCUT2D eigenvalue weighted by Crippen LogP contribution is 2.20. The molecule has 1 aromatic carbocycles. The number of nitrogens with one attached hydrogen (secondary N) is 2. The van der Waals surface area contributed by atoms with Crippen molar-refractivity contribution >= 4 is 17.5 Å². The van der Waals surface area contributed by atoms with E-state index in [4.69, 9.17) is 0 Å². The second-order valence-electron chi connectivity index (χ2n) is 3.41. The Kier molecular flexibility index (Phi) is 2.55. The number of carbonyl (C=O) groups excluding carboxylic acids is 2. The average molecular weight is 226 g/mol. The van der Waals surface area contributed by atoms with Gasteiger partial charge in [-0.05, 0) is 12.1 Å². The molecule has 1 fully saturated rings. The largest absolute Gasteiger partial charge is 0.368 e. The molecule has 84 valence electrons. The Balaban J connectivity index is 2.21. The minimum Gasteiger partial charge on any atom is -0.368 e. The molecule has 1 aliphatic heterocycles. The molecule has 0 bridgehead atoms. The first-order chi connectivity index (χ1) is 7.58. The summed E-state index contributed by atoms with van der Waals surface area (Å²) in [4.78, 5) is 22.0. The Morgan fingerprint density at radius 2 is 1.88 bits per heavy atom. The molecular formula is C10H8F2N2O2. The van der Waals surface area contributed by atoms with Crippen LogP contribution in [0.15, 0.2) is 18.2 Å². The number of anilines is 1. The zero-order valence-corrected chi connectivity index (χ0v) is 8.09. The van der Waals surface area contributed by atoms with Gasteiger partial charge in [0.25, 0.3) is 0 Å². The predicted octanol–water partition coefficient (Wildman–Crippen LogP) is 0.792. The fourth-order valence-electron chi connectivity index (χ4n) is 1.48. The number of hydrogen-bond acceptors (Lipinski definition) is 3. The van der Waals surface area contributed by atoms with E-state index in [1.807, 2.05) is 5.32 Å². The highest BCUT2D eigenvalue weighted by molar-refractivity contribution is 6.06. The quantitative estimate of drug-likeness (QED) is 0.733. The fraction of sp³-hybridized carbons (Fsp3) is 0.200. The zero-order valence-electron chi connectivity index (χ0n) is 8.09. The molecule has 0 aliphatic carbocycles. The van der Waals surface area contributed by atoms with E-state index >= 15 is 0 Å². The van der Waals surface area contributed by atoms with Gasteiger partial charge in [-0.3, -0.25) is 14.9 Å². The molecule has 2 N–H and O–H groups in total. The highest BCUT2D eigenvalue weighted by atomic mass is 19.1. The number of imide groups is 1. The van der Waals surface area contributed by atoms with Crippen LogP contribution in [0.3, 0.4) is 0 Å². The third-order valence-electron chi connectivity index (χ3n) is 2.25. The molecule has 1 aliphatic rings. The Labute approximate surface area is 89.6 Å². The van der Waals surface area contributed by atoms with Crippen LogP contribution in [0.5, 0.6) is 0 Å². The van der Waals surface area contributed by atoms with Gasteiger partial charge in [-0.15, -0.1) is 0 Å². The van der Waals surface area contributed by atoms with Crippen LogP contribution in [0.1, 0.15) is 6.42 Å². The lowest BCUT2D eigenvalue weighted by atomic mass is 10.2. The van der Waals surface area contributed by atoms with Crippen molar-refractivity contribution in [1.82, 2.24) is 5.32 Å². The van der Waals surface area contributed by atoms with E-state index in [1.54, 1.807) is 0 Å². The molecule has 2 amide bonds. The van der Waals surface area contributed by atoms with Crippen molar-refractivity contribution in [2.24, 2.45) is 0 Å². The monoisotopic (exact) mass is 226 g/mol. The van der Waals surface area contributed by atoms with Crippen LogP contribution >= 0.6 is 0 Å². The van der Waals surface area contributed by atoms with Crippen molar-refractivity contribution in [3.05, 3.63) is 29.8 Å². The van der Waals surface area contributed by atoms with Gasteiger partial charge in [0.05, 0.1) is 6.42 Å². The van der Waals surface area contributed by atoms with Crippen molar-refractivity contribution < 1.29 is 18.4 Å². The summed E-state index contributed by atoms with van der Waals surface area (Å²) in [5, 5.41) is 4.42. The SMILES string of the molecule is O=C1CC(Nc2c(F)cccc2F)C(=O)N1. The fourth-order valence-corrected chi connectivity index (χ4v) is 1.48. The molecule has 4 nitrogen and oxygen atoms in total. The summed E-state index contributed by atoms with van der Waals surface area (Å²) >= 11 is 0. The van der Waals surface area contributed by atoms with E-state index in [0.29, 0.717) is 0 Å². The topological polar surface area (TPSA) is 58.2 Å². The molecule has 16 heavy (non-hydrogen) atoms. The predicted molar refractivity (Wildman–Crippen MR) is 51.5 cm³/mol. The lowest BCUT2D eigenvalue weighted by molar-refractivity contribution is -0.124. The minimum absolute atomic E-state index is 0.118. The first kappa shape index (κ1) is 10.5. The highest BCUT2D eigenvalue weighted by Gasteiger charge is 2.31. The molecule has 0 radical (unpaired) electrons. The third-order valence-corrected chi connectivity index (χ3v) is 2.25. The number of para-hydroxylation sites is 1. The maximum atomic E-state index is 13.2. The Bertz CT molecular complexity index is 442. The molecule has 6 heteroatoms. The van der Waals surface area contributed by atoms with Gasteiger partial charge < -0.3 is 5.32 Å². The van der Waals surface area contributed by atoms with Crippen LogP contribution in [0.4, 0.5) is 14.5 Å². The molecule has 2 rings (SSSR count). The second-order valence-corrected chi connectivity index (χ2v) is 3.41. The average Bonchev–Trinajstić information content (AvgIpc) is 2.51. The molecular weight excluding hydrogens is 218 g/mol. The number of halogens is 2. The van der Waals surface area contributed by atoms with E-state index in [0.717, 1.165) is 12.1 Å². The van der Waals surface area contributed by atoms with Crippen molar-refractivity contribution in [1.29, 1.82) is 0 Å². The molecule has 0 saturated carbocycles. The molecule has 0 spiro atoms. The molecule has 1 saturated heterocycles. The van der Waals surface area contributed by atoms with Crippen LogP contribution in [0.25, 0.3) is 0 Å². The Morgan fingerprint density at radius 3 is 2.38 bits per heavy atom. The summed E-state index contributed by atoms with van der Waals surface area (Å²) in [5.41, 5.74) is -0.391. The van der Waals surface area contributed by atoms with Gasteiger partial charge in [-0.2, -0.15) is 0 Å². The van der Waals surface area contributed by atoms with E-state index in [1.165, 1.54) is 6.07 Å². The number of carbonyl (C=O) groups is 2. The van der Waals surface area contributed by atoms with Crippen molar-refractivity contribution in [3.8, 4) is 0 Å². The van der Waals surface area contributed by atoms with Crippen molar-refractivity contribution in [2.45, 2.75) is 12.5 Å². The summed E-state index contributed by atoms with van der Waals surface area (Å²) in [6.45, 7) is 0. The molecule has 1 aromatic rings. The maximum absolute atomic E-state index is 13.2. The van der Waals surface area contributed by atoms with Gasteiger partial charge in [0.1, 0.15) is 23.4 Å². The van der Waals surface area contributed by atoms with E-state index < -0.39 is 35.2 Å². The standard InChI is InChI=1S/C10H8F2N2O2/c11-5-2-1-3-6(12)9(5)13-7-4-8(15)14-10(7)16/h1-3,7,13H,4H2,(H,14,15,16). The van der Waals surface area contributed by atoms with Crippen molar-refractivity contribution in [3.63, 3.8) is 0 Å². The lowest BCUT2D eigenvalue weighted by Crippen LogP contribution is -2.30. The summed E-state index contributed by atoms with van der Waals surface area (Å²) in [7, 11) is 0. The van der Waals surface area contributed by atoms with Gasteiger partial charge in [0, 0.05) is 0 Å². The van der Waals surface area contributed by atoms with Gasteiger partial charge in [0.15, 0.2) is 0 Å². The summed E-state index contributed by atoms with van der Waals surface area (Å²) in [6, 6.07) is 2.44. The van der Waals surface area contributed by atoms with Crippen LogP contribution < -0.4 is 10.6 Å². The Hall–Kier alpha value is -1.98. The lowest BCUT2D eigenvalue weighted by Gasteiger charge is -2.11. The molecule has 1 heterocycles. The molecule has 0 aromatic heterocycles. The number of rotatable bonds is 2. The summed E-state index contributed by atoms with van der Waals surface area (Å²) in [6.07, 6.45) is -0.118. The summed E-state index contributed by atoms with van der Waals surface area (Å²) < 4.78 is 26.4. The van der Waals surface area contributed by atoms with E-state index in [2.05, 4.69) is 5.32 Å². The Morgan fingerprint density at radius 1 is 1.25 bits per heavy atom. The number of amides is 2. The summed E-state index contributed by atoms with van der Waals surface area (Å²) in [5.74, 6) is -2.63.